The van der Waals surface area contributed by atoms with Crippen LogP contribution in [0.15, 0.2) is 78.9 Å². The minimum Gasteiger partial charge on any atom is -0.323 e. The van der Waals surface area contributed by atoms with Crippen molar-refractivity contribution in [1.82, 2.24) is 4.98 Å². The minimum atomic E-state index is -0.308. The van der Waals surface area contributed by atoms with Gasteiger partial charge < -0.3 is 5.32 Å². The predicted molar refractivity (Wildman–Crippen MR) is 109 cm³/mol. The lowest BCUT2D eigenvalue weighted by atomic mass is 9.96. The Balaban J connectivity index is 1.59. The largest absolute Gasteiger partial charge is 0.323 e. The van der Waals surface area contributed by atoms with Gasteiger partial charge in [-0.15, -0.1) is 0 Å². The van der Waals surface area contributed by atoms with E-state index in [2.05, 4.69) is 22.4 Å². The van der Waals surface area contributed by atoms with Crippen molar-refractivity contribution >= 4 is 22.5 Å². The quantitative estimate of drug-likeness (QED) is 0.533. The summed E-state index contributed by atoms with van der Waals surface area (Å²) in [6.45, 7) is 1.96. The van der Waals surface area contributed by atoms with Gasteiger partial charge in [0.25, 0.3) is 0 Å². The maximum Gasteiger partial charge on any atom is 0.236 e. The maximum atomic E-state index is 13.3. The van der Waals surface area contributed by atoms with Gasteiger partial charge in [-0.05, 0) is 41.3 Å². The van der Waals surface area contributed by atoms with Crippen LogP contribution >= 0.6 is 0 Å². The van der Waals surface area contributed by atoms with Crippen LogP contribution in [0.4, 0.5) is 5.69 Å². The highest BCUT2D eigenvalue weighted by Gasteiger charge is 2.33. The Hall–Kier alpha value is -3.46. The molecule has 3 heteroatoms. The van der Waals surface area contributed by atoms with E-state index in [1.807, 2.05) is 73.7 Å². The van der Waals surface area contributed by atoms with E-state index >= 15 is 0 Å². The molecule has 0 bridgehead atoms. The number of carbonyl (C=O) groups is 1. The van der Waals surface area contributed by atoms with Gasteiger partial charge in [0.15, 0.2) is 0 Å². The van der Waals surface area contributed by atoms with Crippen molar-refractivity contribution in [3.05, 3.63) is 95.7 Å². The van der Waals surface area contributed by atoms with Crippen LogP contribution in [0.2, 0.25) is 0 Å². The summed E-state index contributed by atoms with van der Waals surface area (Å²) in [5.74, 6) is -0.333. The second-order valence-corrected chi connectivity index (χ2v) is 6.93. The van der Waals surface area contributed by atoms with Crippen molar-refractivity contribution in [2.24, 2.45) is 0 Å². The number of nitrogens with one attached hydrogen (secondary N) is 1. The van der Waals surface area contributed by atoms with Crippen LogP contribution < -0.4 is 5.32 Å². The van der Waals surface area contributed by atoms with Gasteiger partial charge in [0, 0.05) is 11.1 Å². The molecular weight excluding hydrogens is 332 g/mol. The number of nitrogens with zero attached hydrogens (tertiary/aromatic N) is 1. The maximum absolute atomic E-state index is 13.3. The van der Waals surface area contributed by atoms with Crippen molar-refractivity contribution in [2.45, 2.75) is 12.8 Å². The highest BCUT2D eigenvalue weighted by molar-refractivity contribution is 6.07. The smallest absolute Gasteiger partial charge is 0.236 e. The summed E-state index contributed by atoms with van der Waals surface area (Å²) < 4.78 is 0. The number of rotatable bonds is 2. The number of hydrogen-bond acceptors (Lipinski definition) is 2. The van der Waals surface area contributed by atoms with Crippen LogP contribution in [-0.4, -0.2) is 10.9 Å². The predicted octanol–water partition coefficient (Wildman–Crippen LogP) is 5.29. The molecule has 0 radical (unpaired) electrons. The van der Waals surface area contributed by atoms with Gasteiger partial charge in [-0.1, -0.05) is 66.7 Å². The topological polar surface area (TPSA) is 42.0 Å². The monoisotopic (exact) mass is 350 g/mol. The average Bonchev–Trinajstić information content (AvgIpc) is 3.03. The second kappa shape index (κ2) is 6.06. The Morgan fingerprint density at radius 2 is 1.48 bits per heavy atom. The van der Waals surface area contributed by atoms with E-state index in [4.69, 9.17) is 0 Å². The van der Waals surface area contributed by atoms with Crippen molar-refractivity contribution in [2.75, 3.05) is 5.32 Å². The molecule has 0 saturated carbocycles. The number of hydrogen-bond donors (Lipinski definition) is 1. The van der Waals surface area contributed by atoms with Gasteiger partial charge in [-0.2, -0.15) is 0 Å². The lowest BCUT2D eigenvalue weighted by molar-refractivity contribution is -0.116. The fourth-order valence-electron chi connectivity index (χ4n) is 3.99. The first kappa shape index (κ1) is 15.8. The molecule has 0 aliphatic heterocycles. The van der Waals surface area contributed by atoms with Gasteiger partial charge in [0.1, 0.15) is 0 Å². The second-order valence-electron chi connectivity index (χ2n) is 6.93. The Kier molecular flexibility index (Phi) is 3.54. The van der Waals surface area contributed by atoms with Gasteiger partial charge >= 0.3 is 0 Å². The number of benzene rings is 3. The van der Waals surface area contributed by atoms with Crippen molar-refractivity contribution in [3.63, 3.8) is 0 Å². The number of anilines is 1. The molecule has 0 fully saturated rings. The van der Waals surface area contributed by atoms with Gasteiger partial charge in [0.05, 0.1) is 17.1 Å². The number of fused-ring (bicyclic) bond motifs is 4. The molecular formula is C24H18N2O. The summed E-state index contributed by atoms with van der Waals surface area (Å²) in [4.78, 5) is 18.0. The highest BCUT2D eigenvalue weighted by Crippen LogP contribution is 2.45. The van der Waals surface area contributed by atoms with E-state index < -0.39 is 0 Å². The number of aryl methyl sites for hydroxylation is 1. The molecule has 27 heavy (non-hydrogen) atoms. The molecule has 1 aromatic heterocycles. The molecule has 130 valence electrons. The average molecular weight is 350 g/mol. The summed E-state index contributed by atoms with van der Waals surface area (Å²) in [5, 5.41) is 4.15. The van der Waals surface area contributed by atoms with Crippen LogP contribution in [0.25, 0.3) is 22.0 Å². The number of pyridine rings is 1. The SMILES string of the molecule is Cc1ccc2cccc(NC(=O)C3c4ccccc4-c4ccccc43)c2n1. The Labute approximate surface area is 157 Å². The van der Waals surface area contributed by atoms with Crippen molar-refractivity contribution in [3.8, 4) is 11.1 Å². The van der Waals surface area contributed by atoms with E-state index in [1.165, 1.54) is 0 Å². The molecule has 1 heterocycles. The van der Waals surface area contributed by atoms with Gasteiger partial charge in [-0.25, -0.2) is 0 Å². The summed E-state index contributed by atoms with van der Waals surface area (Å²) in [6.07, 6.45) is 0. The van der Waals surface area contributed by atoms with E-state index in [0.29, 0.717) is 0 Å². The van der Waals surface area contributed by atoms with E-state index in [1.54, 1.807) is 0 Å². The lowest BCUT2D eigenvalue weighted by Gasteiger charge is -2.15. The Morgan fingerprint density at radius 3 is 2.19 bits per heavy atom. The minimum absolute atomic E-state index is 0.0248. The van der Waals surface area contributed by atoms with E-state index in [9.17, 15) is 4.79 Å². The molecule has 1 N–H and O–H groups in total. The van der Waals surface area contributed by atoms with Crippen LogP contribution in [0, 0.1) is 6.92 Å². The molecule has 1 aliphatic rings. The van der Waals surface area contributed by atoms with E-state index in [0.717, 1.165) is 44.5 Å². The molecule has 0 spiro atoms. The van der Waals surface area contributed by atoms with Crippen LogP contribution in [0.1, 0.15) is 22.7 Å². The lowest BCUT2D eigenvalue weighted by Crippen LogP contribution is -2.20. The first-order chi connectivity index (χ1) is 13.2. The molecule has 4 aromatic rings. The molecule has 1 amide bonds. The zero-order valence-corrected chi connectivity index (χ0v) is 14.9. The van der Waals surface area contributed by atoms with Crippen molar-refractivity contribution < 1.29 is 4.79 Å². The molecule has 0 unspecified atom stereocenters. The Morgan fingerprint density at radius 1 is 0.815 bits per heavy atom. The summed E-state index contributed by atoms with van der Waals surface area (Å²) in [5.41, 5.74) is 6.90. The highest BCUT2D eigenvalue weighted by atomic mass is 16.1. The van der Waals surface area contributed by atoms with Crippen molar-refractivity contribution in [1.29, 1.82) is 0 Å². The number of carbonyl (C=O) groups excluding carboxylic acids is 1. The summed E-state index contributed by atoms with van der Waals surface area (Å²) in [6, 6.07) is 26.2. The summed E-state index contributed by atoms with van der Waals surface area (Å²) in [7, 11) is 0. The molecule has 1 aliphatic carbocycles. The first-order valence-corrected chi connectivity index (χ1v) is 9.08. The number of para-hydroxylation sites is 1. The van der Waals surface area contributed by atoms with Crippen LogP contribution in [0.3, 0.4) is 0 Å². The normalized spacial score (nSPS) is 12.6. The van der Waals surface area contributed by atoms with Crippen LogP contribution in [0.5, 0.6) is 0 Å². The zero-order valence-electron chi connectivity index (χ0n) is 14.9. The molecule has 0 atom stereocenters. The molecule has 5 rings (SSSR count). The third-order valence-corrected chi connectivity index (χ3v) is 5.21. The number of amides is 1. The Bertz CT molecular complexity index is 1150. The fourth-order valence-corrected chi connectivity index (χ4v) is 3.99. The summed E-state index contributed by atoms with van der Waals surface area (Å²) >= 11 is 0. The third-order valence-electron chi connectivity index (χ3n) is 5.21. The first-order valence-electron chi connectivity index (χ1n) is 9.08. The third kappa shape index (κ3) is 2.51. The zero-order chi connectivity index (χ0) is 18.4. The number of aromatic nitrogens is 1. The molecule has 3 aromatic carbocycles. The van der Waals surface area contributed by atoms with Gasteiger partial charge in [0.2, 0.25) is 5.91 Å². The fraction of sp³-hybridized carbons (Fsp3) is 0.0833. The van der Waals surface area contributed by atoms with Gasteiger partial charge in [-0.3, -0.25) is 9.78 Å². The standard InChI is InChI=1S/C24H18N2O/c1-15-13-14-16-7-6-12-21(23(16)25-15)26-24(27)22-19-10-4-2-8-17(19)18-9-3-5-11-20(18)22/h2-14,22H,1H3,(H,26,27). The molecule has 0 saturated heterocycles. The van der Waals surface area contributed by atoms with E-state index in [-0.39, 0.29) is 11.8 Å². The molecule has 3 nitrogen and oxygen atoms in total. The van der Waals surface area contributed by atoms with Crippen LogP contribution in [-0.2, 0) is 4.79 Å².